The van der Waals surface area contributed by atoms with E-state index in [0.717, 1.165) is 5.56 Å². The van der Waals surface area contributed by atoms with Crippen molar-refractivity contribution in [3.8, 4) is 0 Å². The van der Waals surface area contributed by atoms with E-state index in [1.807, 2.05) is 39.0 Å². The highest BCUT2D eigenvalue weighted by atomic mass is 16.3. The molecule has 1 unspecified atom stereocenters. The van der Waals surface area contributed by atoms with Gasteiger partial charge < -0.3 is 10.0 Å². The summed E-state index contributed by atoms with van der Waals surface area (Å²) in [5, 5.41) is 10.8. The van der Waals surface area contributed by atoms with Gasteiger partial charge in [0.05, 0.1) is 11.3 Å². The Morgan fingerprint density at radius 2 is 1.85 bits per heavy atom. The Kier molecular flexibility index (Phi) is 4.89. The van der Waals surface area contributed by atoms with Crippen LogP contribution in [0.3, 0.4) is 0 Å². The molecule has 5 nitrogen and oxygen atoms in total. The number of ketones is 1. The second-order valence-electron chi connectivity index (χ2n) is 6.97. The number of aryl methyl sites for hydroxylation is 1. The average Bonchev–Trinajstić information content (AvgIpc) is 2.87. The first-order chi connectivity index (χ1) is 12.4. The van der Waals surface area contributed by atoms with E-state index in [0.29, 0.717) is 17.8 Å². The van der Waals surface area contributed by atoms with E-state index < -0.39 is 17.7 Å². The van der Waals surface area contributed by atoms with Gasteiger partial charge in [-0.25, -0.2) is 0 Å². The van der Waals surface area contributed by atoms with E-state index in [1.54, 1.807) is 30.5 Å². The van der Waals surface area contributed by atoms with Gasteiger partial charge >= 0.3 is 0 Å². The Bertz CT molecular complexity index is 855. The van der Waals surface area contributed by atoms with Gasteiger partial charge in [0.1, 0.15) is 11.8 Å². The van der Waals surface area contributed by atoms with Crippen molar-refractivity contribution in [3.05, 3.63) is 71.1 Å². The first-order valence-corrected chi connectivity index (χ1v) is 8.66. The molecule has 1 amide bonds. The Balaban J connectivity index is 2.17. The lowest BCUT2D eigenvalue weighted by molar-refractivity contribution is -0.140. The number of hydrogen-bond acceptors (Lipinski definition) is 4. The van der Waals surface area contributed by atoms with Crippen LogP contribution in [0.15, 0.2) is 54.2 Å². The average molecular weight is 350 g/mol. The number of aromatic nitrogens is 1. The first kappa shape index (κ1) is 17.9. The molecule has 5 heteroatoms. The van der Waals surface area contributed by atoms with Crippen molar-refractivity contribution in [2.75, 3.05) is 6.54 Å². The number of aliphatic hydroxyl groups excluding tert-OH is 1. The smallest absolute Gasteiger partial charge is 0.295 e. The molecule has 1 aromatic carbocycles. The summed E-state index contributed by atoms with van der Waals surface area (Å²) in [6.45, 7) is 6.32. The number of Topliss-reactive ketones (excluding diaryl/α,β-unsaturated/α-hetero) is 1. The molecule has 0 spiro atoms. The zero-order valence-corrected chi connectivity index (χ0v) is 15.1. The van der Waals surface area contributed by atoms with Gasteiger partial charge in [-0.05, 0) is 25.0 Å². The summed E-state index contributed by atoms with van der Waals surface area (Å²) < 4.78 is 0. The molecule has 1 aromatic heterocycles. The molecular weight excluding hydrogens is 328 g/mol. The van der Waals surface area contributed by atoms with Crippen molar-refractivity contribution < 1.29 is 14.7 Å². The molecule has 2 heterocycles. The first-order valence-electron chi connectivity index (χ1n) is 8.66. The minimum Gasteiger partial charge on any atom is -0.507 e. The molecule has 3 rings (SSSR count). The molecular formula is C21H22N2O3. The van der Waals surface area contributed by atoms with E-state index in [4.69, 9.17) is 0 Å². The van der Waals surface area contributed by atoms with Gasteiger partial charge in [0.15, 0.2) is 0 Å². The molecule has 0 bridgehead atoms. The molecule has 0 aliphatic carbocycles. The summed E-state index contributed by atoms with van der Waals surface area (Å²) >= 11 is 0. The highest BCUT2D eigenvalue weighted by molar-refractivity contribution is 6.46. The fraction of sp³-hybridized carbons (Fsp3) is 0.286. The van der Waals surface area contributed by atoms with Crippen LogP contribution in [-0.4, -0.2) is 33.2 Å². The lowest BCUT2D eigenvalue weighted by atomic mass is 9.97. The third kappa shape index (κ3) is 3.25. The van der Waals surface area contributed by atoms with Gasteiger partial charge in [-0.3, -0.25) is 14.6 Å². The summed E-state index contributed by atoms with van der Waals surface area (Å²) in [5.74, 6) is -1.24. The van der Waals surface area contributed by atoms with Crippen molar-refractivity contribution in [3.63, 3.8) is 0 Å². The van der Waals surface area contributed by atoms with E-state index in [9.17, 15) is 14.7 Å². The predicted octanol–water partition coefficient (Wildman–Crippen LogP) is 3.47. The second kappa shape index (κ2) is 7.12. The molecule has 1 atom stereocenters. The number of pyridine rings is 1. The number of aliphatic hydroxyl groups is 1. The van der Waals surface area contributed by atoms with Gasteiger partial charge in [-0.1, -0.05) is 49.7 Å². The lowest BCUT2D eigenvalue weighted by Crippen LogP contribution is -2.33. The number of rotatable bonds is 4. The van der Waals surface area contributed by atoms with Crippen LogP contribution in [0, 0.1) is 12.8 Å². The molecule has 2 aromatic rings. The number of nitrogens with zero attached hydrogens (tertiary/aromatic N) is 2. The summed E-state index contributed by atoms with van der Waals surface area (Å²) in [6, 6.07) is 11.9. The fourth-order valence-corrected chi connectivity index (χ4v) is 3.17. The zero-order chi connectivity index (χ0) is 18.8. The molecule has 1 saturated heterocycles. The maximum atomic E-state index is 12.7. The Morgan fingerprint density at radius 1 is 1.15 bits per heavy atom. The molecule has 1 N–H and O–H groups in total. The Hall–Kier alpha value is -2.95. The number of carbonyl (C=O) groups is 2. The molecule has 0 radical (unpaired) electrons. The number of amides is 1. The van der Waals surface area contributed by atoms with Gasteiger partial charge in [0.25, 0.3) is 11.7 Å². The summed E-state index contributed by atoms with van der Waals surface area (Å²) in [7, 11) is 0. The van der Waals surface area contributed by atoms with Gasteiger partial charge in [-0.2, -0.15) is 0 Å². The Labute approximate surface area is 153 Å². The lowest BCUT2D eigenvalue weighted by Gasteiger charge is -2.26. The number of carbonyl (C=O) groups excluding carboxylic acids is 2. The van der Waals surface area contributed by atoms with Crippen molar-refractivity contribution in [2.24, 2.45) is 5.92 Å². The van der Waals surface area contributed by atoms with Crippen molar-refractivity contribution >= 4 is 17.4 Å². The van der Waals surface area contributed by atoms with Crippen LogP contribution in [0.2, 0.25) is 0 Å². The molecule has 26 heavy (non-hydrogen) atoms. The largest absolute Gasteiger partial charge is 0.507 e. The number of likely N-dealkylation sites (tertiary alicyclic amines) is 1. The zero-order valence-electron chi connectivity index (χ0n) is 15.1. The maximum absolute atomic E-state index is 12.7. The quantitative estimate of drug-likeness (QED) is 0.521. The van der Waals surface area contributed by atoms with Crippen LogP contribution >= 0.6 is 0 Å². The minimum absolute atomic E-state index is 0.0956. The van der Waals surface area contributed by atoms with Crippen LogP contribution in [-0.2, 0) is 9.59 Å². The third-order valence-electron chi connectivity index (χ3n) is 4.39. The summed E-state index contributed by atoms with van der Waals surface area (Å²) in [4.78, 5) is 31.2. The highest BCUT2D eigenvalue weighted by Crippen LogP contribution is 2.38. The maximum Gasteiger partial charge on any atom is 0.295 e. The number of benzene rings is 1. The van der Waals surface area contributed by atoms with Crippen LogP contribution in [0.1, 0.15) is 36.7 Å². The van der Waals surface area contributed by atoms with Crippen molar-refractivity contribution in [1.29, 1.82) is 0 Å². The molecule has 1 aliphatic heterocycles. The van der Waals surface area contributed by atoms with E-state index in [1.165, 1.54) is 4.90 Å². The van der Waals surface area contributed by atoms with E-state index >= 15 is 0 Å². The predicted molar refractivity (Wildman–Crippen MR) is 99.3 cm³/mol. The van der Waals surface area contributed by atoms with E-state index in [-0.39, 0.29) is 17.3 Å². The molecule has 1 fully saturated rings. The van der Waals surface area contributed by atoms with Crippen LogP contribution < -0.4 is 0 Å². The Morgan fingerprint density at radius 3 is 2.42 bits per heavy atom. The van der Waals surface area contributed by atoms with Gasteiger partial charge in [0, 0.05) is 18.3 Å². The standard InChI is InChI=1S/C21H22N2O3/c1-13(2)12-23-18(16-6-4-5-11-22-16)17(20(25)21(23)26)19(24)15-9-7-14(3)8-10-15/h4-11,13,18,24H,12H2,1-3H3/b19-17+. The van der Waals surface area contributed by atoms with Crippen LogP contribution in [0.25, 0.3) is 5.76 Å². The van der Waals surface area contributed by atoms with Gasteiger partial charge in [-0.15, -0.1) is 0 Å². The van der Waals surface area contributed by atoms with Crippen molar-refractivity contribution in [1.82, 2.24) is 9.88 Å². The normalized spacial score (nSPS) is 19.4. The summed E-state index contributed by atoms with van der Waals surface area (Å²) in [6.07, 6.45) is 1.62. The fourth-order valence-electron chi connectivity index (χ4n) is 3.17. The van der Waals surface area contributed by atoms with E-state index in [2.05, 4.69) is 4.98 Å². The second-order valence-corrected chi connectivity index (χ2v) is 6.97. The molecule has 0 saturated carbocycles. The SMILES string of the molecule is Cc1ccc(/C(O)=C2\C(=O)C(=O)N(CC(C)C)C2c2ccccn2)cc1. The van der Waals surface area contributed by atoms with Gasteiger partial charge in [0.2, 0.25) is 0 Å². The minimum atomic E-state index is -0.681. The monoisotopic (exact) mass is 350 g/mol. The topological polar surface area (TPSA) is 70.5 Å². The number of hydrogen-bond donors (Lipinski definition) is 1. The van der Waals surface area contributed by atoms with Crippen LogP contribution in [0.4, 0.5) is 0 Å². The summed E-state index contributed by atoms with van der Waals surface area (Å²) in [5.41, 5.74) is 2.22. The molecule has 1 aliphatic rings. The molecule has 134 valence electrons. The van der Waals surface area contributed by atoms with Crippen molar-refractivity contribution in [2.45, 2.75) is 26.8 Å². The highest BCUT2D eigenvalue weighted by Gasteiger charge is 2.46. The third-order valence-corrected chi connectivity index (χ3v) is 4.39. The van der Waals surface area contributed by atoms with Crippen LogP contribution in [0.5, 0.6) is 0 Å².